The largest absolute Gasteiger partial charge is 0.353 e. The van der Waals surface area contributed by atoms with Gasteiger partial charge in [-0.05, 0) is 37.6 Å². The molecule has 0 aromatic carbocycles. The van der Waals surface area contributed by atoms with E-state index in [4.69, 9.17) is 0 Å². The molecule has 1 aliphatic heterocycles. The van der Waals surface area contributed by atoms with Gasteiger partial charge in [-0.25, -0.2) is 4.98 Å². The van der Waals surface area contributed by atoms with Crippen molar-refractivity contribution in [2.24, 2.45) is 0 Å². The Bertz CT molecular complexity index is 891. The molecule has 0 spiro atoms. The fraction of sp³-hybridized carbons (Fsp3) is 0.333. The second-order valence-electron chi connectivity index (χ2n) is 6.24. The first kappa shape index (κ1) is 15.6. The highest BCUT2D eigenvalue weighted by atomic mass is 16.2. The summed E-state index contributed by atoms with van der Waals surface area (Å²) >= 11 is 0. The maximum atomic E-state index is 12.9. The Morgan fingerprint density at radius 2 is 2.00 bits per heavy atom. The molecule has 1 amide bonds. The third-order valence-electron chi connectivity index (χ3n) is 4.58. The number of hydrogen-bond acceptors (Lipinski definition) is 5. The van der Waals surface area contributed by atoms with Crippen molar-refractivity contribution in [2.75, 3.05) is 31.1 Å². The maximum absolute atomic E-state index is 12.9. The van der Waals surface area contributed by atoms with Gasteiger partial charge >= 0.3 is 0 Å². The van der Waals surface area contributed by atoms with Crippen LogP contribution >= 0.6 is 0 Å². The van der Waals surface area contributed by atoms with E-state index in [2.05, 4.69) is 20.1 Å². The van der Waals surface area contributed by atoms with Crippen LogP contribution in [0.5, 0.6) is 0 Å². The predicted octanol–water partition coefficient (Wildman–Crippen LogP) is 1.79. The van der Waals surface area contributed by atoms with Gasteiger partial charge in [0.15, 0.2) is 5.82 Å². The van der Waals surface area contributed by atoms with E-state index in [9.17, 15) is 4.79 Å². The highest BCUT2D eigenvalue weighted by Gasteiger charge is 2.23. The van der Waals surface area contributed by atoms with Crippen molar-refractivity contribution in [3.63, 3.8) is 0 Å². The summed E-state index contributed by atoms with van der Waals surface area (Å²) < 4.78 is 1.96. The summed E-state index contributed by atoms with van der Waals surface area (Å²) in [5.74, 6) is 0.851. The van der Waals surface area contributed by atoms with Gasteiger partial charge in [0, 0.05) is 44.3 Å². The van der Waals surface area contributed by atoms with Gasteiger partial charge in [0.25, 0.3) is 5.91 Å². The van der Waals surface area contributed by atoms with Crippen molar-refractivity contribution in [1.82, 2.24) is 24.5 Å². The average Bonchev–Trinajstić information content (AvgIpc) is 2.93. The van der Waals surface area contributed by atoms with Crippen LogP contribution < -0.4 is 4.90 Å². The van der Waals surface area contributed by atoms with Crippen molar-refractivity contribution in [3.05, 3.63) is 54.1 Å². The molecule has 7 heteroatoms. The van der Waals surface area contributed by atoms with Crippen molar-refractivity contribution in [2.45, 2.75) is 13.3 Å². The normalized spacial score (nSPS) is 15.4. The monoisotopic (exact) mass is 336 g/mol. The third-order valence-corrected chi connectivity index (χ3v) is 4.58. The summed E-state index contributed by atoms with van der Waals surface area (Å²) in [6.07, 6.45) is 4.40. The molecule has 1 aliphatic rings. The molecule has 4 rings (SSSR count). The molecule has 4 heterocycles. The van der Waals surface area contributed by atoms with E-state index in [1.165, 1.54) is 0 Å². The van der Waals surface area contributed by atoms with Crippen LogP contribution in [-0.2, 0) is 0 Å². The lowest BCUT2D eigenvalue weighted by atomic mass is 10.3. The molecule has 25 heavy (non-hydrogen) atoms. The number of aryl methyl sites for hydroxylation is 1. The number of fused-ring (bicyclic) bond motifs is 1. The Morgan fingerprint density at radius 3 is 2.80 bits per heavy atom. The zero-order chi connectivity index (χ0) is 17.2. The topological polar surface area (TPSA) is 66.6 Å². The van der Waals surface area contributed by atoms with E-state index in [1.807, 2.05) is 52.8 Å². The van der Waals surface area contributed by atoms with E-state index in [0.29, 0.717) is 12.2 Å². The van der Waals surface area contributed by atoms with E-state index in [0.717, 1.165) is 43.2 Å². The molecular formula is C18H20N6O. The standard InChI is InChI=1S/C18H20N6O/c1-14-5-2-6-16-20-15(13-24(14)16)18(25)23-10-4-9-22(11-12-23)17-7-3-8-19-21-17/h2-3,5-8,13H,4,9-12H2,1H3. The van der Waals surface area contributed by atoms with Crippen molar-refractivity contribution in [1.29, 1.82) is 0 Å². The molecule has 1 saturated heterocycles. The molecule has 0 atom stereocenters. The van der Waals surface area contributed by atoms with E-state index < -0.39 is 0 Å². The first-order valence-electron chi connectivity index (χ1n) is 8.49. The van der Waals surface area contributed by atoms with Gasteiger partial charge < -0.3 is 14.2 Å². The molecule has 0 radical (unpaired) electrons. The molecule has 1 fully saturated rings. The summed E-state index contributed by atoms with van der Waals surface area (Å²) in [6, 6.07) is 9.72. The third kappa shape index (κ3) is 3.05. The van der Waals surface area contributed by atoms with Crippen molar-refractivity contribution in [3.8, 4) is 0 Å². The van der Waals surface area contributed by atoms with Gasteiger partial charge in [-0.3, -0.25) is 4.79 Å². The van der Waals surface area contributed by atoms with E-state index in [-0.39, 0.29) is 5.91 Å². The molecular weight excluding hydrogens is 316 g/mol. The summed E-state index contributed by atoms with van der Waals surface area (Å²) in [4.78, 5) is 21.4. The predicted molar refractivity (Wildman–Crippen MR) is 94.7 cm³/mol. The van der Waals surface area contributed by atoms with Crippen LogP contribution in [0.25, 0.3) is 5.65 Å². The number of amides is 1. The van der Waals surface area contributed by atoms with Crippen LogP contribution in [-0.4, -0.2) is 56.6 Å². The Morgan fingerprint density at radius 1 is 1.08 bits per heavy atom. The lowest BCUT2D eigenvalue weighted by Crippen LogP contribution is -2.35. The average molecular weight is 336 g/mol. The Balaban J connectivity index is 1.51. The first-order valence-corrected chi connectivity index (χ1v) is 8.49. The van der Waals surface area contributed by atoms with Crippen LogP contribution in [0.4, 0.5) is 5.82 Å². The van der Waals surface area contributed by atoms with Crippen LogP contribution in [0, 0.1) is 6.92 Å². The molecule has 0 aliphatic carbocycles. The minimum absolute atomic E-state index is 0.0101. The molecule has 0 unspecified atom stereocenters. The lowest BCUT2D eigenvalue weighted by Gasteiger charge is -2.21. The van der Waals surface area contributed by atoms with Crippen LogP contribution in [0.2, 0.25) is 0 Å². The van der Waals surface area contributed by atoms with E-state index in [1.54, 1.807) is 6.20 Å². The van der Waals surface area contributed by atoms with Gasteiger partial charge in [0.1, 0.15) is 11.3 Å². The fourth-order valence-electron chi connectivity index (χ4n) is 3.23. The number of nitrogens with zero attached hydrogens (tertiary/aromatic N) is 6. The molecule has 3 aromatic heterocycles. The minimum Gasteiger partial charge on any atom is -0.353 e. The van der Waals surface area contributed by atoms with Crippen molar-refractivity contribution >= 4 is 17.4 Å². The van der Waals surface area contributed by atoms with Crippen LogP contribution in [0.3, 0.4) is 0 Å². The number of rotatable bonds is 2. The second kappa shape index (κ2) is 6.51. The first-order chi connectivity index (χ1) is 12.2. The van der Waals surface area contributed by atoms with Gasteiger partial charge in [0.2, 0.25) is 0 Å². The number of imidazole rings is 1. The Labute approximate surface area is 145 Å². The summed E-state index contributed by atoms with van der Waals surface area (Å²) in [5.41, 5.74) is 2.37. The second-order valence-corrected chi connectivity index (χ2v) is 6.24. The number of pyridine rings is 1. The highest BCUT2D eigenvalue weighted by Crippen LogP contribution is 2.15. The van der Waals surface area contributed by atoms with Gasteiger partial charge in [0.05, 0.1) is 0 Å². The number of carbonyl (C=O) groups excluding carboxylic acids is 1. The maximum Gasteiger partial charge on any atom is 0.274 e. The number of carbonyl (C=O) groups is 1. The molecule has 3 aromatic rings. The molecule has 0 saturated carbocycles. The van der Waals surface area contributed by atoms with Crippen LogP contribution in [0.15, 0.2) is 42.7 Å². The molecule has 128 valence electrons. The van der Waals surface area contributed by atoms with Gasteiger partial charge in [-0.2, -0.15) is 5.10 Å². The number of aromatic nitrogens is 4. The lowest BCUT2D eigenvalue weighted by molar-refractivity contribution is 0.0762. The minimum atomic E-state index is -0.0101. The smallest absolute Gasteiger partial charge is 0.274 e. The Hall–Kier alpha value is -2.96. The van der Waals surface area contributed by atoms with Crippen molar-refractivity contribution < 1.29 is 4.79 Å². The zero-order valence-corrected chi connectivity index (χ0v) is 14.2. The molecule has 0 N–H and O–H groups in total. The quantitative estimate of drug-likeness (QED) is 0.714. The van der Waals surface area contributed by atoms with Gasteiger partial charge in [-0.15, -0.1) is 5.10 Å². The molecule has 0 bridgehead atoms. The SMILES string of the molecule is Cc1cccc2nc(C(=O)N3CCCN(c4cccnn4)CC3)cn12. The summed E-state index contributed by atoms with van der Waals surface area (Å²) in [5, 5.41) is 8.11. The summed E-state index contributed by atoms with van der Waals surface area (Å²) in [6.45, 7) is 5.00. The van der Waals surface area contributed by atoms with Crippen LogP contribution in [0.1, 0.15) is 22.6 Å². The number of hydrogen-bond donors (Lipinski definition) is 0. The molecule has 7 nitrogen and oxygen atoms in total. The highest BCUT2D eigenvalue weighted by molar-refractivity contribution is 5.93. The van der Waals surface area contributed by atoms with Gasteiger partial charge in [-0.1, -0.05) is 6.07 Å². The fourth-order valence-corrected chi connectivity index (χ4v) is 3.23. The summed E-state index contributed by atoms with van der Waals surface area (Å²) in [7, 11) is 0. The van der Waals surface area contributed by atoms with E-state index >= 15 is 0 Å². The number of anilines is 1. The Kier molecular flexibility index (Phi) is 4.05. The zero-order valence-electron chi connectivity index (χ0n) is 14.2.